The summed E-state index contributed by atoms with van der Waals surface area (Å²) in [6.07, 6.45) is 18.5. The minimum absolute atomic E-state index is 0.271. The molecule has 0 saturated carbocycles. The van der Waals surface area contributed by atoms with Crippen LogP contribution in [-0.2, 0) is 9.53 Å². The molecule has 5 heteroatoms. The summed E-state index contributed by atoms with van der Waals surface area (Å²) < 4.78 is 6.22. The molecule has 2 heterocycles. The molecule has 0 radical (unpaired) electrons. The van der Waals surface area contributed by atoms with Gasteiger partial charge in [0.25, 0.3) is 0 Å². The molecule has 29 heavy (non-hydrogen) atoms. The van der Waals surface area contributed by atoms with Crippen LogP contribution < -0.4 is 10.6 Å². The first kappa shape index (κ1) is 24.4. The Balaban J connectivity index is 1.53. The fraction of sp³-hybridized carbons (Fsp3) is 0.875. The molecule has 0 aromatic heterocycles. The third-order valence-corrected chi connectivity index (χ3v) is 6.48. The topological polar surface area (TPSA) is 70.6 Å². The predicted octanol–water partition coefficient (Wildman–Crippen LogP) is 4.52. The number of fused-ring (bicyclic) bond motifs is 2. The monoisotopic (exact) mass is 408 g/mol. The Morgan fingerprint density at radius 2 is 1.66 bits per heavy atom. The molecule has 3 N–H and O–H groups in total. The minimum Gasteiger partial charge on any atom is -0.481 e. The number of nitrogens with one attached hydrogen (secondary N) is 2. The van der Waals surface area contributed by atoms with Gasteiger partial charge in [-0.05, 0) is 76.9 Å². The summed E-state index contributed by atoms with van der Waals surface area (Å²) in [6.45, 7) is 6.71. The Labute approximate surface area is 178 Å². The summed E-state index contributed by atoms with van der Waals surface area (Å²) in [5.74, 6) is 0.647. The van der Waals surface area contributed by atoms with Crippen molar-refractivity contribution in [1.29, 1.82) is 0 Å². The van der Waals surface area contributed by atoms with Crippen molar-refractivity contribution in [3.05, 3.63) is 12.2 Å². The molecule has 0 aromatic carbocycles. The molecule has 4 atom stereocenters. The standard InChI is InChI=1S/C24H44N2O3/c1-2-3-4-10-16-25-17-11-18-26-19-21-20(22-14-15-23(21)29-22)12-8-6-5-7-9-13-24(27)28/h5-6,20-23,25-26H,2-4,7-19H2,1H3,(H,27,28)/t20-,21+,22-,23+/m0/s1. The van der Waals surface area contributed by atoms with Gasteiger partial charge in [0, 0.05) is 18.9 Å². The number of carboxylic acid groups (broad SMARTS) is 1. The quantitative estimate of drug-likeness (QED) is 0.230. The molecule has 5 nitrogen and oxygen atoms in total. The lowest BCUT2D eigenvalue weighted by Gasteiger charge is -2.28. The van der Waals surface area contributed by atoms with Crippen molar-refractivity contribution in [2.75, 3.05) is 26.2 Å². The van der Waals surface area contributed by atoms with E-state index in [2.05, 4.69) is 29.7 Å². The molecular formula is C24H44N2O3. The molecule has 0 unspecified atom stereocenters. The second-order valence-electron chi connectivity index (χ2n) is 8.82. The van der Waals surface area contributed by atoms with Gasteiger partial charge in [-0.15, -0.1) is 0 Å². The summed E-state index contributed by atoms with van der Waals surface area (Å²) in [7, 11) is 0. The predicted molar refractivity (Wildman–Crippen MR) is 119 cm³/mol. The molecule has 2 aliphatic rings. The Hall–Kier alpha value is -0.910. The van der Waals surface area contributed by atoms with E-state index in [0.717, 1.165) is 45.4 Å². The molecule has 2 saturated heterocycles. The van der Waals surface area contributed by atoms with Crippen LogP contribution in [0.15, 0.2) is 12.2 Å². The van der Waals surface area contributed by atoms with Gasteiger partial charge in [-0.1, -0.05) is 38.3 Å². The highest BCUT2D eigenvalue weighted by atomic mass is 16.5. The maximum Gasteiger partial charge on any atom is 0.303 e. The summed E-state index contributed by atoms with van der Waals surface area (Å²) in [6, 6.07) is 0. The van der Waals surface area contributed by atoms with Crippen LogP contribution in [0.2, 0.25) is 0 Å². The fourth-order valence-electron chi connectivity index (χ4n) is 4.86. The van der Waals surface area contributed by atoms with Gasteiger partial charge in [0.15, 0.2) is 0 Å². The van der Waals surface area contributed by atoms with Crippen molar-refractivity contribution in [2.45, 2.75) is 96.2 Å². The van der Waals surface area contributed by atoms with E-state index in [9.17, 15) is 4.79 Å². The summed E-state index contributed by atoms with van der Waals surface area (Å²) in [4.78, 5) is 10.5. The molecular weight excluding hydrogens is 364 g/mol. The molecule has 0 amide bonds. The zero-order chi connectivity index (χ0) is 20.7. The van der Waals surface area contributed by atoms with E-state index >= 15 is 0 Å². The van der Waals surface area contributed by atoms with Crippen molar-refractivity contribution in [3.63, 3.8) is 0 Å². The highest BCUT2D eigenvalue weighted by Crippen LogP contribution is 2.45. The third kappa shape index (κ3) is 9.63. The highest BCUT2D eigenvalue weighted by molar-refractivity contribution is 5.66. The molecule has 168 valence electrons. The maximum absolute atomic E-state index is 10.5. The van der Waals surface area contributed by atoms with Crippen molar-refractivity contribution >= 4 is 5.97 Å². The van der Waals surface area contributed by atoms with E-state index in [1.807, 2.05) is 0 Å². The van der Waals surface area contributed by atoms with Crippen LogP contribution in [0.1, 0.15) is 84.0 Å². The van der Waals surface area contributed by atoms with Crippen LogP contribution in [-0.4, -0.2) is 49.5 Å². The van der Waals surface area contributed by atoms with Crippen LogP contribution in [0.25, 0.3) is 0 Å². The number of rotatable bonds is 18. The van der Waals surface area contributed by atoms with E-state index in [1.165, 1.54) is 51.4 Å². The lowest BCUT2D eigenvalue weighted by Crippen LogP contribution is -2.36. The van der Waals surface area contributed by atoms with Crippen LogP contribution in [0.4, 0.5) is 0 Å². The zero-order valence-corrected chi connectivity index (χ0v) is 18.5. The number of hydrogen-bond donors (Lipinski definition) is 3. The Kier molecular flexibility index (Phi) is 12.6. The van der Waals surface area contributed by atoms with Crippen molar-refractivity contribution in [1.82, 2.24) is 10.6 Å². The van der Waals surface area contributed by atoms with E-state index < -0.39 is 5.97 Å². The normalized spacial score (nSPS) is 26.0. The van der Waals surface area contributed by atoms with Crippen LogP contribution in [0, 0.1) is 11.8 Å². The van der Waals surface area contributed by atoms with Crippen LogP contribution in [0.5, 0.6) is 0 Å². The number of aliphatic carboxylic acids is 1. The first-order valence-electron chi connectivity index (χ1n) is 12.2. The summed E-state index contributed by atoms with van der Waals surface area (Å²) >= 11 is 0. The maximum atomic E-state index is 10.5. The van der Waals surface area contributed by atoms with Gasteiger partial charge in [0.2, 0.25) is 0 Å². The van der Waals surface area contributed by atoms with E-state index in [1.54, 1.807) is 0 Å². The Morgan fingerprint density at radius 3 is 2.45 bits per heavy atom. The Morgan fingerprint density at radius 1 is 0.931 bits per heavy atom. The lowest BCUT2D eigenvalue weighted by atomic mass is 9.77. The van der Waals surface area contributed by atoms with Crippen molar-refractivity contribution in [3.8, 4) is 0 Å². The zero-order valence-electron chi connectivity index (χ0n) is 18.5. The first-order valence-corrected chi connectivity index (χ1v) is 12.2. The van der Waals surface area contributed by atoms with Gasteiger partial charge in [0.1, 0.15) is 0 Å². The molecule has 0 aliphatic carbocycles. The van der Waals surface area contributed by atoms with Gasteiger partial charge in [-0.3, -0.25) is 4.79 Å². The van der Waals surface area contributed by atoms with Gasteiger partial charge >= 0.3 is 5.97 Å². The fourth-order valence-corrected chi connectivity index (χ4v) is 4.86. The van der Waals surface area contributed by atoms with Crippen LogP contribution in [0.3, 0.4) is 0 Å². The molecule has 0 spiro atoms. The minimum atomic E-state index is -0.698. The smallest absolute Gasteiger partial charge is 0.303 e. The van der Waals surface area contributed by atoms with Crippen molar-refractivity contribution < 1.29 is 14.6 Å². The number of carbonyl (C=O) groups is 1. The van der Waals surface area contributed by atoms with E-state index in [0.29, 0.717) is 24.0 Å². The van der Waals surface area contributed by atoms with Gasteiger partial charge in [-0.25, -0.2) is 0 Å². The average Bonchev–Trinajstić information content (AvgIpc) is 3.30. The second kappa shape index (κ2) is 15.0. The van der Waals surface area contributed by atoms with Gasteiger partial charge in [-0.2, -0.15) is 0 Å². The third-order valence-electron chi connectivity index (χ3n) is 6.48. The number of allylic oxidation sites excluding steroid dienone is 2. The summed E-state index contributed by atoms with van der Waals surface area (Å²) in [5, 5.41) is 15.9. The number of unbranched alkanes of at least 4 members (excludes halogenated alkanes) is 4. The largest absolute Gasteiger partial charge is 0.481 e. The number of carboxylic acids is 1. The molecule has 2 bridgehead atoms. The lowest BCUT2D eigenvalue weighted by molar-refractivity contribution is -0.137. The molecule has 2 aliphatic heterocycles. The number of hydrogen-bond acceptors (Lipinski definition) is 4. The van der Waals surface area contributed by atoms with Crippen LogP contribution >= 0.6 is 0 Å². The van der Waals surface area contributed by atoms with E-state index in [4.69, 9.17) is 9.84 Å². The average molecular weight is 409 g/mol. The first-order chi connectivity index (χ1) is 14.2. The highest BCUT2D eigenvalue weighted by Gasteiger charge is 2.47. The van der Waals surface area contributed by atoms with Crippen molar-refractivity contribution in [2.24, 2.45) is 11.8 Å². The summed E-state index contributed by atoms with van der Waals surface area (Å²) in [5.41, 5.74) is 0. The molecule has 2 fully saturated rings. The SMILES string of the molecule is CCCCCCNCCCNC[C@@H]1[C@H](CCC=CCCCC(=O)O)[C@@H]2CC[C@H]1O2. The van der Waals surface area contributed by atoms with Gasteiger partial charge < -0.3 is 20.5 Å². The molecule has 2 rings (SSSR count). The molecule has 0 aromatic rings. The second-order valence-corrected chi connectivity index (χ2v) is 8.82. The van der Waals surface area contributed by atoms with Gasteiger partial charge in [0.05, 0.1) is 12.2 Å². The number of ether oxygens (including phenoxy) is 1. The Bertz CT molecular complexity index is 469. The van der Waals surface area contributed by atoms with E-state index in [-0.39, 0.29) is 6.42 Å².